The minimum absolute atomic E-state index is 0.162. The molecule has 7 aromatic carbocycles. The summed E-state index contributed by atoms with van der Waals surface area (Å²) in [5.41, 5.74) is 13.6. The van der Waals surface area contributed by atoms with E-state index in [-0.39, 0.29) is 5.41 Å². The molecule has 0 saturated heterocycles. The number of hydrogen-bond acceptors (Lipinski definition) is 3. The Morgan fingerprint density at radius 2 is 1.02 bits per heavy atom. The van der Waals surface area contributed by atoms with Gasteiger partial charge in [0.05, 0.1) is 16.9 Å². The van der Waals surface area contributed by atoms with Crippen molar-refractivity contribution in [1.29, 1.82) is 0 Å². The highest BCUT2D eigenvalue weighted by atomic mass is 14.9. The molecule has 0 amide bonds. The Bertz CT molecular complexity index is 2830. The summed E-state index contributed by atoms with van der Waals surface area (Å²) in [5, 5.41) is 6.00. The Kier molecular flexibility index (Phi) is 6.53. The van der Waals surface area contributed by atoms with Crippen LogP contribution in [0.1, 0.15) is 25.0 Å². The van der Waals surface area contributed by atoms with Gasteiger partial charge in [0.25, 0.3) is 0 Å². The van der Waals surface area contributed by atoms with Gasteiger partial charge in [-0.25, -0.2) is 9.97 Å². The Balaban J connectivity index is 1.19. The van der Waals surface area contributed by atoms with Crippen LogP contribution >= 0.6 is 0 Å². The topological polar surface area (TPSA) is 38.7 Å². The summed E-state index contributed by atoms with van der Waals surface area (Å²) >= 11 is 0. The molecule has 0 fully saturated rings. The summed E-state index contributed by atoms with van der Waals surface area (Å²) in [7, 11) is 0. The summed E-state index contributed by atoms with van der Waals surface area (Å²) in [5.74, 6) is 0.699. The third-order valence-corrected chi connectivity index (χ3v) is 10.7. The Labute approximate surface area is 297 Å². The summed E-state index contributed by atoms with van der Waals surface area (Å²) in [4.78, 5) is 15.0. The Morgan fingerprint density at radius 3 is 1.80 bits per heavy atom. The average Bonchev–Trinajstić information content (AvgIpc) is 3.41. The fourth-order valence-corrected chi connectivity index (χ4v) is 8.31. The summed E-state index contributed by atoms with van der Waals surface area (Å²) in [6.07, 6.45) is 1.84. The van der Waals surface area contributed by atoms with Gasteiger partial charge in [0.2, 0.25) is 0 Å². The zero-order valence-electron chi connectivity index (χ0n) is 28.4. The molecule has 51 heavy (non-hydrogen) atoms. The van der Waals surface area contributed by atoms with E-state index in [1.165, 1.54) is 49.5 Å². The van der Waals surface area contributed by atoms with E-state index < -0.39 is 0 Å². The van der Waals surface area contributed by atoms with Gasteiger partial charge >= 0.3 is 0 Å². The molecule has 9 aromatic rings. The molecule has 0 radical (unpaired) electrons. The zero-order chi connectivity index (χ0) is 34.1. The van der Waals surface area contributed by atoms with Crippen molar-refractivity contribution in [3.05, 3.63) is 175 Å². The van der Waals surface area contributed by atoms with E-state index in [2.05, 4.69) is 146 Å². The lowest BCUT2D eigenvalue weighted by Crippen LogP contribution is -2.16. The molecule has 2 heterocycles. The van der Waals surface area contributed by atoms with Crippen LogP contribution in [-0.2, 0) is 5.41 Å². The molecule has 0 spiro atoms. The molecule has 240 valence electrons. The summed E-state index contributed by atoms with van der Waals surface area (Å²) in [6.45, 7) is 4.76. The van der Waals surface area contributed by atoms with Crippen LogP contribution in [0.5, 0.6) is 0 Å². The highest BCUT2D eigenvalue weighted by Crippen LogP contribution is 2.54. The number of benzene rings is 7. The lowest BCUT2D eigenvalue weighted by molar-refractivity contribution is 0.663. The Hall–Kier alpha value is -6.45. The monoisotopic (exact) mass is 651 g/mol. The molecule has 3 heteroatoms. The van der Waals surface area contributed by atoms with Crippen molar-refractivity contribution in [3.8, 4) is 56.2 Å². The molecule has 2 aromatic heterocycles. The Morgan fingerprint density at radius 1 is 0.431 bits per heavy atom. The summed E-state index contributed by atoms with van der Waals surface area (Å²) < 4.78 is 0. The van der Waals surface area contributed by atoms with Crippen molar-refractivity contribution in [2.24, 2.45) is 0 Å². The SMILES string of the molecule is CC1(C)c2cc3ccccc3cc2-c2cccc(-c3ccc(-c4cc(-c5cccc6ncccc56)nc(-c5ccccc5)n4)c4ccccc34)c21. The van der Waals surface area contributed by atoms with Crippen molar-refractivity contribution in [3.63, 3.8) is 0 Å². The van der Waals surface area contributed by atoms with Crippen LogP contribution in [0.2, 0.25) is 0 Å². The first-order chi connectivity index (χ1) is 25.0. The predicted molar refractivity (Wildman–Crippen MR) is 212 cm³/mol. The number of aromatic nitrogens is 3. The second-order valence-corrected chi connectivity index (χ2v) is 14.0. The van der Waals surface area contributed by atoms with Crippen LogP contribution in [0.4, 0.5) is 0 Å². The van der Waals surface area contributed by atoms with E-state index in [4.69, 9.17) is 9.97 Å². The maximum atomic E-state index is 5.24. The maximum Gasteiger partial charge on any atom is 0.160 e. The first-order valence-electron chi connectivity index (χ1n) is 17.5. The van der Waals surface area contributed by atoms with Crippen molar-refractivity contribution in [2.75, 3.05) is 0 Å². The smallest absolute Gasteiger partial charge is 0.160 e. The molecule has 0 aliphatic heterocycles. The van der Waals surface area contributed by atoms with E-state index in [1.54, 1.807) is 0 Å². The van der Waals surface area contributed by atoms with Crippen LogP contribution in [-0.4, -0.2) is 15.0 Å². The fraction of sp³-hybridized carbons (Fsp3) is 0.0625. The predicted octanol–water partition coefficient (Wildman–Crippen LogP) is 12.3. The number of fused-ring (bicyclic) bond motifs is 6. The molecule has 3 nitrogen and oxygen atoms in total. The first-order valence-corrected chi connectivity index (χ1v) is 17.5. The van der Waals surface area contributed by atoms with E-state index in [9.17, 15) is 0 Å². The normalized spacial score (nSPS) is 13.1. The van der Waals surface area contributed by atoms with Gasteiger partial charge in [-0.2, -0.15) is 0 Å². The van der Waals surface area contributed by atoms with Gasteiger partial charge < -0.3 is 0 Å². The van der Waals surface area contributed by atoms with Gasteiger partial charge in [-0.3, -0.25) is 4.98 Å². The average molecular weight is 652 g/mol. The zero-order valence-corrected chi connectivity index (χ0v) is 28.4. The van der Waals surface area contributed by atoms with Crippen LogP contribution < -0.4 is 0 Å². The van der Waals surface area contributed by atoms with Crippen molar-refractivity contribution >= 4 is 32.4 Å². The molecule has 0 bridgehead atoms. The number of rotatable bonds is 4. The third kappa shape index (κ3) is 4.62. The molecule has 10 rings (SSSR count). The highest BCUT2D eigenvalue weighted by Gasteiger charge is 2.38. The van der Waals surface area contributed by atoms with Gasteiger partial charge in [-0.1, -0.05) is 141 Å². The van der Waals surface area contributed by atoms with Crippen LogP contribution in [0.25, 0.3) is 88.6 Å². The van der Waals surface area contributed by atoms with E-state index >= 15 is 0 Å². The van der Waals surface area contributed by atoms with Gasteiger partial charge in [-0.15, -0.1) is 0 Å². The van der Waals surface area contributed by atoms with Crippen molar-refractivity contribution < 1.29 is 0 Å². The molecule has 0 unspecified atom stereocenters. The van der Waals surface area contributed by atoms with Crippen LogP contribution in [0.15, 0.2) is 164 Å². The lowest BCUT2D eigenvalue weighted by atomic mass is 9.78. The molecule has 0 N–H and O–H groups in total. The minimum Gasteiger partial charge on any atom is -0.256 e. The molecule has 1 aliphatic carbocycles. The van der Waals surface area contributed by atoms with E-state index in [0.29, 0.717) is 5.82 Å². The van der Waals surface area contributed by atoms with Gasteiger partial charge in [0, 0.05) is 33.7 Å². The summed E-state index contributed by atoms with van der Waals surface area (Å²) in [6, 6.07) is 56.4. The molecule has 0 atom stereocenters. The molecular formula is C48H33N3. The van der Waals surface area contributed by atoms with Gasteiger partial charge in [0.15, 0.2) is 5.82 Å². The van der Waals surface area contributed by atoms with Crippen molar-refractivity contribution in [1.82, 2.24) is 15.0 Å². The number of nitrogens with zero attached hydrogens (tertiary/aromatic N) is 3. The fourth-order valence-electron chi connectivity index (χ4n) is 8.31. The quantitative estimate of drug-likeness (QED) is 0.190. The molecule has 0 saturated carbocycles. The largest absolute Gasteiger partial charge is 0.256 e. The van der Waals surface area contributed by atoms with Crippen LogP contribution in [0.3, 0.4) is 0 Å². The first kappa shape index (κ1) is 29.5. The van der Waals surface area contributed by atoms with E-state index in [1.807, 2.05) is 36.5 Å². The second kappa shape index (κ2) is 11.3. The van der Waals surface area contributed by atoms with Gasteiger partial charge in [0.1, 0.15) is 0 Å². The number of pyridine rings is 1. The maximum absolute atomic E-state index is 5.24. The third-order valence-electron chi connectivity index (χ3n) is 10.7. The van der Waals surface area contributed by atoms with Crippen LogP contribution in [0, 0.1) is 0 Å². The molecular weight excluding hydrogens is 619 g/mol. The second-order valence-electron chi connectivity index (χ2n) is 14.0. The van der Waals surface area contributed by atoms with E-state index in [0.717, 1.165) is 44.4 Å². The highest BCUT2D eigenvalue weighted by molar-refractivity contribution is 6.07. The standard InChI is InChI=1S/C48H33N3/c1-48(2)42-28-32-16-7-6-15-31(32)27-41(42)40-21-10-20-39(46(40)48)35-24-25-38(34-18-9-8-17-33(34)35)45-29-44(50-47(51-45)30-13-4-3-5-14-30)37-19-11-23-43-36(37)22-12-26-49-43/h3-29H,1-2H3. The van der Waals surface area contributed by atoms with Crippen molar-refractivity contribution in [2.45, 2.75) is 19.3 Å². The number of hydrogen-bond donors (Lipinski definition) is 0. The lowest BCUT2D eigenvalue weighted by Gasteiger charge is -2.25. The molecule has 1 aliphatic rings. The van der Waals surface area contributed by atoms with Gasteiger partial charge in [-0.05, 0) is 85.3 Å². The minimum atomic E-state index is -0.162.